The average Bonchev–Trinajstić information content (AvgIpc) is 2.31. The maximum atomic E-state index is 12.1. The van der Waals surface area contributed by atoms with Gasteiger partial charge in [-0.3, -0.25) is 10.1 Å². The lowest BCUT2D eigenvalue weighted by molar-refractivity contribution is 0.102. The Morgan fingerprint density at radius 2 is 1.89 bits per heavy atom. The van der Waals surface area contributed by atoms with Crippen LogP contribution in [0.25, 0.3) is 0 Å². The summed E-state index contributed by atoms with van der Waals surface area (Å²) in [4.78, 5) is 20.3. The van der Waals surface area contributed by atoms with Crippen LogP contribution in [-0.2, 0) is 0 Å². The molecule has 1 aromatic carbocycles. The fourth-order valence-electron chi connectivity index (χ4n) is 1.68. The Labute approximate surface area is 115 Å². The first-order chi connectivity index (χ1) is 8.97. The van der Waals surface area contributed by atoms with Crippen molar-refractivity contribution in [2.24, 2.45) is 0 Å². The highest BCUT2D eigenvalue weighted by Gasteiger charge is 2.13. The van der Waals surface area contributed by atoms with E-state index in [0.717, 1.165) is 11.4 Å². The molecule has 0 atom stereocenters. The molecule has 19 heavy (non-hydrogen) atoms. The Morgan fingerprint density at radius 1 is 1.26 bits per heavy atom. The molecule has 1 aromatic heterocycles. The van der Waals surface area contributed by atoms with Crippen molar-refractivity contribution in [3.05, 3.63) is 46.2 Å². The van der Waals surface area contributed by atoms with Gasteiger partial charge >= 0.3 is 0 Å². The Bertz CT molecular complexity index is 622. The fraction of sp³-hybridized carbons (Fsp3) is 0.154. The maximum absolute atomic E-state index is 12.1. The largest absolute Gasteiger partial charge is 0.398 e. The molecule has 0 saturated heterocycles. The second-order valence-electron chi connectivity index (χ2n) is 4.14. The summed E-state index contributed by atoms with van der Waals surface area (Å²) in [5.41, 5.74) is 7.87. The number of hydrogen-bond acceptors (Lipinski definition) is 4. The first-order valence-corrected chi connectivity index (χ1v) is 6.03. The Balaban J connectivity index is 2.28. The van der Waals surface area contributed by atoms with E-state index in [9.17, 15) is 4.79 Å². The van der Waals surface area contributed by atoms with Gasteiger partial charge in [0.2, 0.25) is 5.95 Å². The lowest BCUT2D eigenvalue weighted by Crippen LogP contribution is -2.15. The smallest absolute Gasteiger partial charge is 0.259 e. The lowest BCUT2D eigenvalue weighted by atomic mass is 10.2. The molecule has 2 aromatic rings. The van der Waals surface area contributed by atoms with Crippen molar-refractivity contribution in [1.29, 1.82) is 0 Å². The number of hydrogen-bond donors (Lipinski definition) is 2. The topological polar surface area (TPSA) is 80.9 Å². The van der Waals surface area contributed by atoms with E-state index in [4.69, 9.17) is 17.3 Å². The minimum absolute atomic E-state index is 0.226. The van der Waals surface area contributed by atoms with Crippen molar-refractivity contribution in [3.8, 4) is 0 Å². The van der Waals surface area contributed by atoms with Crippen LogP contribution >= 0.6 is 11.6 Å². The van der Waals surface area contributed by atoms with Crippen molar-refractivity contribution in [2.45, 2.75) is 13.8 Å². The predicted molar refractivity (Wildman–Crippen MR) is 75.3 cm³/mol. The summed E-state index contributed by atoms with van der Waals surface area (Å²) in [7, 11) is 0. The van der Waals surface area contributed by atoms with Crippen LogP contribution in [0, 0.1) is 13.8 Å². The normalized spacial score (nSPS) is 10.3. The summed E-state index contributed by atoms with van der Waals surface area (Å²) < 4.78 is 0. The minimum Gasteiger partial charge on any atom is -0.398 e. The summed E-state index contributed by atoms with van der Waals surface area (Å²) >= 11 is 5.99. The van der Waals surface area contributed by atoms with Gasteiger partial charge < -0.3 is 5.73 Å². The van der Waals surface area contributed by atoms with Crippen LogP contribution in [0.4, 0.5) is 11.6 Å². The highest BCUT2D eigenvalue weighted by atomic mass is 35.5. The average molecular weight is 277 g/mol. The maximum Gasteiger partial charge on any atom is 0.259 e. The van der Waals surface area contributed by atoms with Gasteiger partial charge in [0.05, 0.1) is 16.3 Å². The van der Waals surface area contributed by atoms with E-state index in [1.165, 1.54) is 0 Å². The zero-order valence-corrected chi connectivity index (χ0v) is 11.3. The SMILES string of the molecule is Cc1cc(C)nc(NC(=O)c2cccc(N)c2Cl)n1. The number of nitrogens with one attached hydrogen (secondary N) is 1. The Hall–Kier alpha value is -2.14. The monoisotopic (exact) mass is 276 g/mol. The van der Waals surface area contributed by atoms with Gasteiger partial charge in [-0.25, -0.2) is 9.97 Å². The lowest BCUT2D eigenvalue weighted by Gasteiger charge is -2.08. The molecule has 3 N–H and O–H groups in total. The summed E-state index contributed by atoms with van der Waals surface area (Å²) in [6.45, 7) is 3.66. The van der Waals surface area contributed by atoms with E-state index in [0.29, 0.717) is 11.3 Å². The molecule has 5 nitrogen and oxygen atoms in total. The number of halogens is 1. The first-order valence-electron chi connectivity index (χ1n) is 5.65. The van der Waals surface area contributed by atoms with E-state index in [2.05, 4.69) is 15.3 Å². The zero-order chi connectivity index (χ0) is 14.0. The van der Waals surface area contributed by atoms with Gasteiger partial charge in [-0.05, 0) is 32.0 Å². The van der Waals surface area contributed by atoms with Gasteiger partial charge in [0.15, 0.2) is 0 Å². The van der Waals surface area contributed by atoms with Gasteiger partial charge in [0, 0.05) is 11.4 Å². The quantitative estimate of drug-likeness (QED) is 0.826. The Morgan fingerprint density at radius 3 is 2.53 bits per heavy atom. The molecule has 0 saturated carbocycles. The van der Waals surface area contributed by atoms with Crippen molar-refractivity contribution in [1.82, 2.24) is 9.97 Å². The third-order valence-electron chi connectivity index (χ3n) is 2.48. The summed E-state index contributed by atoms with van der Waals surface area (Å²) in [5.74, 6) is -0.136. The van der Waals surface area contributed by atoms with E-state index < -0.39 is 0 Å². The summed E-state index contributed by atoms with van der Waals surface area (Å²) in [6, 6.07) is 6.71. The molecule has 0 bridgehead atoms. The molecule has 1 amide bonds. The standard InChI is InChI=1S/C13H13ClN4O/c1-7-6-8(2)17-13(16-7)18-12(19)9-4-3-5-10(15)11(9)14/h3-6H,15H2,1-2H3,(H,16,17,18,19). The highest BCUT2D eigenvalue weighted by molar-refractivity contribution is 6.36. The number of carbonyl (C=O) groups is 1. The minimum atomic E-state index is -0.387. The molecule has 1 heterocycles. The van der Waals surface area contributed by atoms with Crippen LogP contribution < -0.4 is 11.1 Å². The van der Waals surface area contributed by atoms with Crippen LogP contribution in [-0.4, -0.2) is 15.9 Å². The van der Waals surface area contributed by atoms with Crippen molar-refractivity contribution < 1.29 is 4.79 Å². The first kappa shape index (κ1) is 13.3. The number of benzene rings is 1. The van der Waals surface area contributed by atoms with E-state index in [1.54, 1.807) is 18.2 Å². The number of aryl methyl sites for hydroxylation is 2. The molecule has 0 spiro atoms. The van der Waals surface area contributed by atoms with Crippen LogP contribution in [0.1, 0.15) is 21.7 Å². The third-order valence-corrected chi connectivity index (χ3v) is 2.90. The van der Waals surface area contributed by atoms with Crippen molar-refractivity contribution in [2.75, 3.05) is 11.1 Å². The summed E-state index contributed by atoms with van der Waals surface area (Å²) in [5, 5.41) is 2.83. The van der Waals surface area contributed by atoms with Crippen LogP contribution in [0.2, 0.25) is 5.02 Å². The van der Waals surface area contributed by atoms with E-state index in [1.807, 2.05) is 19.9 Å². The highest BCUT2D eigenvalue weighted by Crippen LogP contribution is 2.23. The molecular weight excluding hydrogens is 264 g/mol. The van der Waals surface area contributed by atoms with Gasteiger partial charge in [-0.2, -0.15) is 0 Å². The molecular formula is C13H13ClN4O. The molecule has 6 heteroatoms. The number of rotatable bonds is 2. The number of nitrogens with two attached hydrogens (primary N) is 1. The molecule has 0 radical (unpaired) electrons. The van der Waals surface area contributed by atoms with Gasteiger partial charge in [-0.1, -0.05) is 17.7 Å². The van der Waals surface area contributed by atoms with Crippen LogP contribution in [0.5, 0.6) is 0 Å². The second kappa shape index (κ2) is 5.24. The number of carbonyl (C=O) groups excluding carboxylic acids is 1. The van der Waals surface area contributed by atoms with Crippen LogP contribution in [0.15, 0.2) is 24.3 Å². The number of amides is 1. The number of nitrogen functional groups attached to an aromatic ring is 1. The van der Waals surface area contributed by atoms with E-state index in [-0.39, 0.29) is 16.9 Å². The van der Waals surface area contributed by atoms with Gasteiger partial charge in [0.1, 0.15) is 0 Å². The summed E-state index contributed by atoms with van der Waals surface area (Å²) in [6.07, 6.45) is 0. The molecule has 0 fully saturated rings. The van der Waals surface area contributed by atoms with Crippen molar-refractivity contribution in [3.63, 3.8) is 0 Å². The third kappa shape index (κ3) is 3.00. The number of aromatic nitrogens is 2. The fourth-order valence-corrected chi connectivity index (χ4v) is 1.89. The van der Waals surface area contributed by atoms with Crippen molar-refractivity contribution >= 4 is 29.1 Å². The van der Waals surface area contributed by atoms with E-state index >= 15 is 0 Å². The zero-order valence-electron chi connectivity index (χ0n) is 10.6. The number of nitrogens with zero attached hydrogens (tertiary/aromatic N) is 2. The Kier molecular flexibility index (Phi) is 3.66. The van der Waals surface area contributed by atoms with Gasteiger partial charge in [0.25, 0.3) is 5.91 Å². The molecule has 2 rings (SSSR count). The molecule has 0 unspecified atom stereocenters. The molecule has 0 aliphatic rings. The molecule has 0 aliphatic heterocycles. The van der Waals surface area contributed by atoms with Gasteiger partial charge in [-0.15, -0.1) is 0 Å². The molecule has 0 aliphatic carbocycles. The number of anilines is 2. The molecule has 98 valence electrons. The van der Waals surface area contributed by atoms with Crippen LogP contribution in [0.3, 0.4) is 0 Å². The predicted octanol–water partition coefficient (Wildman–Crippen LogP) is 2.58. The second-order valence-corrected chi connectivity index (χ2v) is 4.52.